The molecule has 0 fully saturated rings. The molecule has 2 aromatic rings. The molecule has 0 radical (unpaired) electrons. The van der Waals surface area contributed by atoms with Crippen molar-refractivity contribution in [2.75, 3.05) is 26.3 Å². The Morgan fingerprint density at radius 3 is 1.46 bits per heavy atom. The number of alkyl carbamates (subject to hydrolysis) is 2. The van der Waals surface area contributed by atoms with Gasteiger partial charge < -0.3 is 45.9 Å². The van der Waals surface area contributed by atoms with E-state index in [4.69, 9.17) is 9.47 Å². The fourth-order valence-corrected chi connectivity index (χ4v) is 3.94. The molecule has 2 rings (SSSR count). The fourth-order valence-electron chi connectivity index (χ4n) is 3.94. The zero-order valence-corrected chi connectivity index (χ0v) is 24.2. The third kappa shape index (κ3) is 12.9. The molecule has 228 valence electrons. The van der Waals surface area contributed by atoms with E-state index in [0.29, 0.717) is 6.42 Å². The molecule has 4 atom stereocenters. The Morgan fingerprint density at radius 1 is 0.707 bits per heavy atom. The molecule has 0 bridgehead atoms. The van der Waals surface area contributed by atoms with Gasteiger partial charge in [-0.15, -0.1) is 0 Å². The van der Waals surface area contributed by atoms with Crippen molar-refractivity contribution in [3.05, 3.63) is 71.8 Å². The molecule has 11 nitrogen and oxygen atoms in total. The summed E-state index contributed by atoms with van der Waals surface area (Å²) in [6.07, 6.45) is -3.07. The second-order valence-corrected chi connectivity index (χ2v) is 11.3. The summed E-state index contributed by atoms with van der Waals surface area (Å²) >= 11 is 0. The summed E-state index contributed by atoms with van der Waals surface area (Å²) in [6.45, 7) is 5.51. The molecule has 0 unspecified atom stereocenters. The SMILES string of the molecule is CC(C)(C)OC(=O)N[C@@H](Cc1ccccc1)[C@H](O)CNC[C@@H](O)[C@H](Cc1ccccc1)NC(=O)OC(C)(CO)CO. The second-order valence-electron chi connectivity index (χ2n) is 11.3. The first kappa shape index (κ1) is 34.0. The minimum atomic E-state index is -1.48. The van der Waals surface area contributed by atoms with Crippen LogP contribution in [0.4, 0.5) is 9.59 Å². The van der Waals surface area contributed by atoms with Crippen LogP contribution in [0.5, 0.6) is 0 Å². The molecule has 0 spiro atoms. The number of hydrogen-bond donors (Lipinski definition) is 7. The van der Waals surface area contributed by atoms with Crippen LogP contribution in [-0.2, 0) is 22.3 Å². The van der Waals surface area contributed by atoms with Gasteiger partial charge in [-0.2, -0.15) is 0 Å². The molecule has 0 aliphatic carbocycles. The molecule has 2 aromatic carbocycles. The lowest BCUT2D eigenvalue weighted by Crippen LogP contribution is -2.53. The number of aliphatic hydroxyl groups is 4. The Kier molecular flexibility index (Phi) is 13.5. The van der Waals surface area contributed by atoms with Crippen molar-refractivity contribution >= 4 is 12.2 Å². The summed E-state index contributed by atoms with van der Waals surface area (Å²) in [4.78, 5) is 25.0. The first-order valence-corrected chi connectivity index (χ1v) is 13.7. The number of nitrogens with one attached hydrogen (secondary N) is 3. The lowest BCUT2D eigenvalue weighted by atomic mass is 10.00. The molecule has 0 saturated carbocycles. The van der Waals surface area contributed by atoms with Crippen molar-refractivity contribution in [2.24, 2.45) is 0 Å². The highest BCUT2D eigenvalue weighted by Gasteiger charge is 2.30. The number of amides is 2. The molecule has 0 aromatic heterocycles. The summed E-state index contributed by atoms with van der Waals surface area (Å²) in [5.74, 6) is 0. The number of rotatable bonds is 15. The quantitative estimate of drug-likeness (QED) is 0.166. The van der Waals surface area contributed by atoms with E-state index in [1.54, 1.807) is 20.8 Å². The summed E-state index contributed by atoms with van der Waals surface area (Å²) in [5, 5.41) is 49.2. The van der Waals surface area contributed by atoms with Crippen LogP contribution in [0.1, 0.15) is 38.8 Å². The number of aliphatic hydroxyl groups excluding tert-OH is 4. The van der Waals surface area contributed by atoms with E-state index >= 15 is 0 Å². The average Bonchev–Trinajstić information content (AvgIpc) is 2.92. The number of benzene rings is 2. The van der Waals surface area contributed by atoms with Crippen molar-refractivity contribution in [3.63, 3.8) is 0 Å². The van der Waals surface area contributed by atoms with Crippen LogP contribution in [0.3, 0.4) is 0 Å². The standard InChI is InChI=1S/C30H45N3O8/c1-29(2,3)40-27(38)32-23(15-21-11-7-5-8-12-21)25(36)17-31-18-26(37)24(16-22-13-9-6-10-14-22)33-28(39)41-30(4,19-34)20-35/h5-14,23-26,31,34-37H,15-20H2,1-4H3,(H,32,38)(H,33,39)/t23-,24-,25+,26+/m0/s1. The first-order chi connectivity index (χ1) is 19.3. The Labute approximate surface area is 241 Å². The monoisotopic (exact) mass is 575 g/mol. The predicted octanol–water partition coefficient (Wildman–Crippen LogP) is 1.51. The van der Waals surface area contributed by atoms with E-state index in [2.05, 4.69) is 16.0 Å². The van der Waals surface area contributed by atoms with Crippen LogP contribution in [0.25, 0.3) is 0 Å². The van der Waals surface area contributed by atoms with E-state index < -0.39 is 60.9 Å². The molecule has 41 heavy (non-hydrogen) atoms. The van der Waals surface area contributed by atoms with Gasteiger partial charge in [-0.1, -0.05) is 60.7 Å². The molecule has 11 heteroatoms. The molecule has 2 amide bonds. The van der Waals surface area contributed by atoms with Crippen molar-refractivity contribution in [3.8, 4) is 0 Å². The second kappa shape index (κ2) is 16.3. The fraction of sp³-hybridized carbons (Fsp3) is 0.533. The van der Waals surface area contributed by atoms with Crippen LogP contribution in [0.2, 0.25) is 0 Å². The van der Waals surface area contributed by atoms with Crippen LogP contribution in [0, 0.1) is 0 Å². The minimum absolute atomic E-state index is 0.00337. The van der Waals surface area contributed by atoms with Crippen LogP contribution >= 0.6 is 0 Å². The molecule has 7 N–H and O–H groups in total. The van der Waals surface area contributed by atoms with Gasteiger partial charge in [0, 0.05) is 13.1 Å². The molecular weight excluding hydrogens is 530 g/mol. The van der Waals surface area contributed by atoms with Crippen molar-refractivity contribution < 1.29 is 39.5 Å². The number of carbonyl (C=O) groups excluding carboxylic acids is 2. The summed E-state index contributed by atoms with van der Waals surface area (Å²) in [7, 11) is 0. The number of carbonyl (C=O) groups is 2. The topological polar surface area (TPSA) is 170 Å². The number of hydrogen-bond acceptors (Lipinski definition) is 9. The van der Waals surface area contributed by atoms with Gasteiger partial charge in [0.2, 0.25) is 0 Å². The Bertz CT molecular complexity index is 1040. The normalized spacial score (nSPS) is 14.8. The number of ether oxygens (including phenoxy) is 2. The third-order valence-corrected chi connectivity index (χ3v) is 6.25. The zero-order valence-electron chi connectivity index (χ0n) is 24.2. The Hall–Kier alpha value is -3.22. The zero-order chi connectivity index (χ0) is 30.5. The van der Waals surface area contributed by atoms with Gasteiger partial charge in [0.25, 0.3) is 0 Å². The molecular formula is C30H45N3O8. The highest BCUT2D eigenvalue weighted by molar-refractivity contribution is 5.68. The maximum absolute atomic E-state index is 12.5. The summed E-state index contributed by atoms with van der Waals surface area (Å²) < 4.78 is 10.6. The maximum Gasteiger partial charge on any atom is 0.408 e. The van der Waals surface area contributed by atoms with Crippen molar-refractivity contribution in [1.29, 1.82) is 0 Å². The Balaban J connectivity index is 2.05. The van der Waals surface area contributed by atoms with E-state index in [9.17, 15) is 30.0 Å². The van der Waals surface area contributed by atoms with E-state index in [0.717, 1.165) is 11.1 Å². The Morgan fingerprint density at radius 2 is 1.10 bits per heavy atom. The average molecular weight is 576 g/mol. The molecule has 0 heterocycles. The van der Waals surface area contributed by atoms with Gasteiger partial charge in [0.15, 0.2) is 5.60 Å². The minimum Gasteiger partial charge on any atom is -0.444 e. The lowest BCUT2D eigenvalue weighted by molar-refractivity contribution is -0.0536. The predicted molar refractivity (Wildman–Crippen MR) is 154 cm³/mol. The maximum atomic E-state index is 12.5. The van der Waals surface area contributed by atoms with Gasteiger partial charge in [-0.05, 0) is 51.7 Å². The van der Waals surface area contributed by atoms with Gasteiger partial charge in [-0.25, -0.2) is 9.59 Å². The van der Waals surface area contributed by atoms with E-state index in [1.165, 1.54) is 6.92 Å². The van der Waals surface area contributed by atoms with Crippen LogP contribution in [0.15, 0.2) is 60.7 Å². The van der Waals surface area contributed by atoms with Crippen LogP contribution < -0.4 is 16.0 Å². The lowest BCUT2D eigenvalue weighted by Gasteiger charge is -2.30. The van der Waals surface area contributed by atoms with E-state index in [1.807, 2.05) is 60.7 Å². The highest BCUT2D eigenvalue weighted by atomic mass is 16.6. The highest BCUT2D eigenvalue weighted by Crippen LogP contribution is 2.13. The largest absolute Gasteiger partial charge is 0.444 e. The van der Waals surface area contributed by atoms with E-state index in [-0.39, 0.29) is 19.5 Å². The van der Waals surface area contributed by atoms with Crippen molar-refractivity contribution in [2.45, 2.75) is 76.0 Å². The smallest absolute Gasteiger partial charge is 0.408 e. The first-order valence-electron chi connectivity index (χ1n) is 13.7. The van der Waals surface area contributed by atoms with Gasteiger partial charge in [0.05, 0.1) is 37.5 Å². The van der Waals surface area contributed by atoms with Gasteiger partial charge in [-0.3, -0.25) is 0 Å². The summed E-state index contributed by atoms with van der Waals surface area (Å²) in [6, 6.07) is 17.2. The third-order valence-electron chi connectivity index (χ3n) is 6.25. The summed E-state index contributed by atoms with van der Waals surface area (Å²) in [5.41, 5.74) is -0.420. The van der Waals surface area contributed by atoms with Gasteiger partial charge in [0.1, 0.15) is 5.60 Å². The van der Waals surface area contributed by atoms with Gasteiger partial charge >= 0.3 is 12.2 Å². The van der Waals surface area contributed by atoms with Crippen molar-refractivity contribution in [1.82, 2.24) is 16.0 Å². The molecule has 0 aliphatic heterocycles. The molecule has 0 aliphatic rings. The van der Waals surface area contributed by atoms with Crippen LogP contribution in [-0.4, -0.2) is 94.4 Å². The molecule has 0 saturated heterocycles.